The van der Waals surface area contributed by atoms with Crippen LogP contribution in [0.5, 0.6) is 5.75 Å². The second-order valence-electron chi connectivity index (χ2n) is 5.26. The molecule has 20 heavy (non-hydrogen) atoms. The number of carbonyl (C=O) groups is 1. The van der Waals surface area contributed by atoms with E-state index in [1.807, 2.05) is 0 Å². The first kappa shape index (κ1) is 12.9. The number of aromatic nitrogens is 1. The molecule has 1 aliphatic carbocycles. The number of nitrogens with zero attached hydrogens (tertiary/aromatic N) is 1. The van der Waals surface area contributed by atoms with Crippen LogP contribution in [0.2, 0.25) is 0 Å². The smallest absolute Gasteiger partial charge is 0.336 e. The van der Waals surface area contributed by atoms with Gasteiger partial charge in [0.1, 0.15) is 5.75 Å². The average molecular weight is 271 g/mol. The van der Waals surface area contributed by atoms with Crippen LogP contribution in [-0.2, 0) is 0 Å². The number of benzene rings is 1. The molecule has 0 spiro atoms. The summed E-state index contributed by atoms with van der Waals surface area (Å²) in [7, 11) is 1.60. The van der Waals surface area contributed by atoms with Crippen molar-refractivity contribution in [2.45, 2.75) is 31.6 Å². The molecule has 1 saturated carbocycles. The predicted molar refractivity (Wildman–Crippen MR) is 76.5 cm³/mol. The Labute approximate surface area is 117 Å². The van der Waals surface area contributed by atoms with Crippen LogP contribution in [0.1, 0.15) is 47.7 Å². The molecule has 3 rings (SSSR count). The molecule has 1 aromatic carbocycles. The van der Waals surface area contributed by atoms with Crippen molar-refractivity contribution in [3.8, 4) is 5.75 Å². The van der Waals surface area contributed by atoms with Gasteiger partial charge < -0.3 is 9.84 Å². The molecule has 4 heteroatoms. The van der Waals surface area contributed by atoms with E-state index in [-0.39, 0.29) is 0 Å². The molecule has 4 nitrogen and oxygen atoms in total. The van der Waals surface area contributed by atoms with Gasteiger partial charge in [0.25, 0.3) is 0 Å². The maximum absolute atomic E-state index is 11.5. The summed E-state index contributed by atoms with van der Waals surface area (Å²) in [5.41, 5.74) is 1.94. The molecule has 1 heterocycles. The third-order valence-electron chi connectivity index (χ3n) is 4.04. The minimum atomic E-state index is -0.901. The van der Waals surface area contributed by atoms with E-state index in [0.717, 1.165) is 18.5 Å². The van der Waals surface area contributed by atoms with Crippen molar-refractivity contribution in [1.82, 2.24) is 4.98 Å². The third kappa shape index (κ3) is 2.22. The molecule has 1 fully saturated rings. The van der Waals surface area contributed by atoms with Crippen LogP contribution < -0.4 is 4.74 Å². The molecule has 0 amide bonds. The summed E-state index contributed by atoms with van der Waals surface area (Å²) in [4.78, 5) is 16.1. The minimum Gasteiger partial charge on any atom is -0.497 e. The highest BCUT2D eigenvalue weighted by Crippen LogP contribution is 2.35. The highest BCUT2D eigenvalue weighted by molar-refractivity contribution is 6.02. The molecule has 0 aliphatic heterocycles. The number of ether oxygens (including phenoxy) is 1. The molecule has 0 radical (unpaired) electrons. The normalized spacial score (nSPS) is 15.7. The number of methoxy groups -OCH3 is 1. The number of rotatable bonds is 3. The van der Waals surface area contributed by atoms with Crippen LogP contribution in [0.25, 0.3) is 10.9 Å². The quantitative estimate of drug-likeness (QED) is 0.926. The zero-order valence-electron chi connectivity index (χ0n) is 11.4. The SMILES string of the molecule is COc1ccc2c(C(=O)O)cc(C3CCCC3)nc2c1. The number of hydrogen-bond donors (Lipinski definition) is 1. The standard InChI is InChI=1S/C16H17NO3/c1-20-11-6-7-12-13(16(18)19)9-14(17-15(12)8-11)10-4-2-3-5-10/h6-10H,2-5H2,1H3,(H,18,19). The molecule has 0 saturated heterocycles. The predicted octanol–water partition coefficient (Wildman–Crippen LogP) is 3.60. The van der Waals surface area contributed by atoms with Gasteiger partial charge in [0.15, 0.2) is 0 Å². The fraction of sp³-hybridized carbons (Fsp3) is 0.375. The van der Waals surface area contributed by atoms with Crippen LogP contribution >= 0.6 is 0 Å². The van der Waals surface area contributed by atoms with Crippen molar-refractivity contribution in [3.05, 3.63) is 35.5 Å². The number of aromatic carboxylic acids is 1. The lowest BCUT2D eigenvalue weighted by atomic mass is 9.99. The fourth-order valence-corrected chi connectivity index (χ4v) is 2.96. The molecule has 1 aliphatic rings. The second-order valence-corrected chi connectivity index (χ2v) is 5.26. The van der Waals surface area contributed by atoms with Gasteiger partial charge in [0, 0.05) is 23.1 Å². The lowest BCUT2D eigenvalue weighted by Crippen LogP contribution is -2.04. The Morgan fingerprint density at radius 3 is 2.70 bits per heavy atom. The number of carboxylic acid groups (broad SMARTS) is 1. The van der Waals surface area contributed by atoms with E-state index in [2.05, 4.69) is 4.98 Å². The topological polar surface area (TPSA) is 59.4 Å². The van der Waals surface area contributed by atoms with Gasteiger partial charge in [0.2, 0.25) is 0 Å². The van der Waals surface area contributed by atoms with Crippen molar-refractivity contribution >= 4 is 16.9 Å². The molecule has 1 N–H and O–H groups in total. The third-order valence-corrected chi connectivity index (χ3v) is 4.04. The number of fused-ring (bicyclic) bond motifs is 1. The van der Waals surface area contributed by atoms with Gasteiger partial charge in [-0.2, -0.15) is 0 Å². The summed E-state index contributed by atoms with van der Waals surface area (Å²) in [5.74, 6) is 0.190. The minimum absolute atomic E-state index is 0.333. The maximum Gasteiger partial charge on any atom is 0.336 e. The molecule has 0 bridgehead atoms. The van der Waals surface area contributed by atoms with E-state index in [1.54, 1.807) is 31.4 Å². The van der Waals surface area contributed by atoms with Crippen molar-refractivity contribution < 1.29 is 14.6 Å². The van der Waals surface area contributed by atoms with E-state index in [4.69, 9.17) is 4.74 Å². The largest absolute Gasteiger partial charge is 0.497 e. The van der Waals surface area contributed by atoms with E-state index in [0.29, 0.717) is 28.1 Å². The van der Waals surface area contributed by atoms with Crippen molar-refractivity contribution in [1.29, 1.82) is 0 Å². The van der Waals surface area contributed by atoms with Gasteiger partial charge in [-0.05, 0) is 31.0 Å². The van der Waals surface area contributed by atoms with Crippen LogP contribution in [0, 0.1) is 0 Å². The van der Waals surface area contributed by atoms with Crippen molar-refractivity contribution in [3.63, 3.8) is 0 Å². The Hall–Kier alpha value is -2.10. The van der Waals surface area contributed by atoms with Gasteiger partial charge in [-0.15, -0.1) is 0 Å². The molecule has 1 aromatic heterocycles. The zero-order valence-corrected chi connectivity index (χ0v) is 11.4. The van der Waals surface area contributed by atoms with E-state index < -0.39 is 5.97 Å². The first-order valence-corrected chi connectivity index (χ1v) is 6.91. The summed E-state index contributed by atoms with van der Waals surface area (Å²) < 4.78 is 5.20. The fourth-order valence-electron chi connectivity index (χ4n) is 2.96. The summed E-state index contributed by atoms with van der Waals surface area (Å²) in [6.45, 7) is 0. The molecular weight excluding hydrogens is 254 g/mol. The first-order chi connectivity index (χ1) is 9.69. The summed E-state index contributed by atoms with van der Waals surface area (Å²) in [5, 5.41) is 10.1. The molecule has 2 aromatic rings. The van der Waals surface area contributed by atoms with Crippen LogP contribution in [0.3, 0.4) is 0 Å². The van der Waals surface area contributed by atoms with Gasteiger partial charge in [0.05, 0.1) is 18.2 Å². The van der Waals surface area contributed by atoms with Crippen LogP contribution in [0.4, 0.5) is 0 Å². The Morgan fingerprint density at radius 2 is 2.05 bits per heavy atom. The number of hydrogen-bond acceptors (Lipinski definition) is 3. The Bertz CT molecular complexity index is 660. The van der Waals surface area contributed by atoms with Gasteiger partial charge in [-0.25, -0.2) is 4.79 Å². The van der Waals surface area contributed by atoms with E-state index in [9.17, 15) is 9.90 Å². The molecule has 0 unspecified atom stereocenters. The first-order valence-electron chi connectivity index (χ1n) is 6.91. The lowest BCUT2D eigenvalue weighted by Gasteiger charge is -2.12. The lowest BCUT2D eigenvalue weighted by molar-refractivity contribution is 0.0699. The molecule has 0 atom stereocenters. The molecular formula is C16H17NO3. The van der Waals surface area contributed by atoms with Crippen molar-refractivity contribution in [2.24, 2.45) is 0 Å². The van der Waals surface area contributed by atoms with Crippen molar-refractivity contribution in [2.75, 3.05) is 7.11 Å². The summed E-state index contributed by atoms with van der Waals surface area (Å²) in [6.07, 6.45) is 4.60. The van der Waals surface area contributed by atoms with Gasteiger partial charge >= 0.3 is 5.97 Å². The number of carboxylic acids is 1. The van der Waals surface area contributed by atoms with Gasteiger partial charge in [-0.1, -0.05) is 12.8 Å². The average Bonchev–Trinajstić information content (AvgIpc) is 2.99. The van der Waals surface area contributed by atoms with E-state index >= 15 is 0 Å². The maximum atomic E-state index is 11.5. The van der Waals surface area contributed by atoms with E-state index in [1.165, 1.54) is 12.8 Å². The highest BCUT2D eigenvalue weighted by Gasteiger charge is 2.21. The highest BCUT2D eigenvalue weighted by atomic mass is 16.5. The van der Waals surface area contributed by atoms with Crippen LogP contribution in [0.15, 0.2) is 24.3 Å². The second kappa shape index (κ2) is 5.12. The van der Waals surface area contributed by atoms with Gasteiger partial charge in [-0.3, -0.25) is 4.98 Å². The summed E-state index contributed by atoms with van der Waals surface area (Å²) in [6, 6.07) is 7.09. The Morgan fingerprint density at radius 1 is 1.30 bits per heavy atom. The monoisotopic (exact) mass is 271 g/mol. The van der Waals surface area contributed by atoms with Crippen LogP contribution in [-0.4, -0.2) is 23.2 Å². The Balaban J connectivity index is 2.19. The zero-order chi connectivity index (χ0) is 14.1. The summed E-state index contributed by atoms with van der Waals surface area (Å²) >= 11 is 0. The Kier molecular flexibility index (Phi) is 3.30. The number of pyridine rings is 1. The molecule has 104 valence electrons.